The molecule has 6 heteroatoms. The first-order valence-electron chi connectivity index (χ1n) is 10.9. The summed E-state index contributed by atoms with van der Waals surface area (Å²) in [6.45, 7) is 4.45. The zero-order chi connectivity index (χ0) is 23.1. The van der Waals surface area contributed by atoms with Gasteiger partial charge in [0.2, 0.25) is 0 Å². The Morgan fingerprint density at radius 1 is 0.970 bits per heavy atom. The quantitative estimate of drug-likeness (QED) is 0.404. The lowest BCUT2D eigenvalue weighted by atomic mass is 9.93. The number of hydrogen-bond donors (Lipinski definition) is 1. The molecule has 3 aromatic carbocycles. The summed E-state index contributed by atoms with van der Waals surface area (Å²) in [5.41, 5.74) is 3.71. The number of methoxy groups -OCH3 is 1. The first-order valence-corrected chi connectivity index (χ1v) is 10.9. The van der Waals surface area contributed by atoms with Crippen molar-refractivity contribution in [1.29, 1.82) is 0 Å². The number of ether oxygens (including phenoxy) is 2. The van der Waals surface area contributed by atoms with Gasteiger partial charge in [-0.3, -0.25) is 9.59 Å². The molecule has 166 valence electrons. The van der Waals surface area contributed by atoms with Crippen molar-refractivity contribution < 1.29 is 19.1 Å². The van der Waals surface area contributed by atoms with Crippen LogP contribution in [-0.2, 0) is 6.61 Å². The van der Waals surface area contributed by atoms with E-state index >= 15 is 0 Å². The molecule has 1 N–H and O–H groups in total. The number of fused-ring (bicyclic) bond motifs is 2. The van der Waals surface area contributed by atoms with Crippen molar-refractivity contribution in [3.8, 4) is 11.5 Å². The van der Waals surface area contributed by atoms with Gasteiger partial charge in [0.05, 0.1) is 12.6 Å². The Balaban J connectivity index is 1.50. The van der Waals surface area contributed by atoms with E-state index in [-0.39, 0.29) is 17.5 Å². The van der Waals surface area contributed by atoms with E-state index in [1.165, 1.54) is 0 Å². The van der Waals surface area contributed by atoms with Crippen LogP contribution in [0.1, 0.15) is 63.4 Å². The Labute approximate surface area is 191 Å². The highest BCUT2D eigenvalue weighted by molar-refractivity contribution is 6.30. The van der Waals surface area contributed by atoms with Gasteiger partial charge in [-0.1, -0.05) is 50.2 Å². The van der Waals surface area contributed by atoms with Gasteiger partial charge in [0.25, 0.3) is 0 Å². The largest absolute Gasteiger partial charge is 0.494 e. The first-order chi connectivity index (χ1) is 16.0. The minimum Gasteiger partial charge on any atom is -0.494 e. The molecule has 1 heterocycles. The molecule has 0 saturated carbocycles. The zero-order valence-corrected chi connectivity index (χ0v) is 18.7. The van der Waals surface area contributed by atoms with Crippen LogP contribution < -0.4 is 9.47 Å². The standard InChI is InChI=1S/C27H24N2O4/c1-15(2)27-28-23-19(11-12-21(32-3)24(23)29-27)22-25(30)18-10-9-17(13-20(18)26(22)31)33-14-16-7-5-4-6-8-16/h4-13,15,22H,14H2,1-3H3,(H,28,29). The van der Waals surface area contributed by atoms with E-state index in [1.807, 2.05) is 44.2 Å². The molecular weight excluding hydrogens is 416 g/mol. The second-order valence-corrected chi connectivity index (χ2v) is 8.50. The maximum Gasteiger partial charge on any atom is 0.179 e. The van der Waals surface area contributed by atoms with Gasteiger partial charge in [-0.05, 0) is 35.4 Å². The van der Waals surface area contributed by atoms with Gasteiger partial charge in [0.1, 0.15) is 35.4 Å². The van der Waals surface area contributed by atoms with Crippen molar-refractivity contribution in [2.24, 2.45) is 0 Å². The fourth-order valence-corrected chi connectivity index (χ4v) is 4.27. The average Bonchev–Trinajstić information content (AvgIpc) is 3.38. The van der Waals surface area contributed by atoms with Crippen molar-refractivity contribution in [1.82, 2.24) is 9.97 Å². The summed E-state index contributed by atoms with van der Waals surface area (Å²) in [4.78, 5) is 34.7. The predicted octanol–water partition coefficient (Wildman–Crippen LogP) is 5.44. The highest BCUT2D eigenvalue weighted by atomic mass is 16.5. The third-order valence-corrected chi connectivity index (χ3v) is 6.03. The Hall–Kier alpha value is -3.93. The smallest absolute Gasteiger partial charge is 0.179 e. The third-order valence-electron chi connectivity index (χ3n) is 6.03. The molecular formula is C27H24N2O4. The molecule has 0 amide bonds. The number of nitrogens with one attached hydrogen (secondary N) is 1. The highest BCUT2D eigenvalue weighted by Crippen LogP contribution is 2.40. The summed E-state index contributed by atoms with van der Waals surface area (Å²) in [6.07, 6.45) is 0. The minimum atomic E-state index is -0.930. The summed E-state index contributed by atoms with van der Waals surface area (Å²) < 4.78 is 11.3. The summed E-state index contributed by atoms with van der Waals surface area (Å²) in [7, 11) is 1.59. The number of carbonyl (C=O) groups is 2. The Morgan fingerprint density at radius 2 is 1.73 bits per heavy atom. The summed E-state index contributed by atoms with van der Waals surface area (Å²) >= 11 is 0. The number of aromatic nitrogens is 2. The number of benzene rings is 3. The van der Waals surface area contributed by atoms with Gasteiger partial charge in [-0.15, -0.1) is 0 Å². The van der Waals surface area contributed by atoms with E-state index in [2.05, 4.69) is 4.98 Å². The van der Waals surface area contributed by atoms with E-state index in [4.69, 9.17) is 14.5 Å². The Morgan fingerprint density at radius 3 is 2.45 bits per heavy atom. The van der Waals surface area contributed by atoms with Crippen LogP contribution in [0.5, 0.6) is 11.5 Å². The van der Waals surface area contributed by atoms with Gasteiger partial charge >= 0.3 is 0 Å². The molecule has 1 atom stereocenters. The van der Waals surface area contributed by atoms with E-state index < -0.39 is 5.92 Å². The summed E-state index contributed by atoms with van der Waals surface area (Å²) in [5.74, 6) is 0.738. The fraction of sp³-hybridized carbons (Fsp3) is 0.222. The SMILES string of the molecule is COc1ccc(C2C(=O)c3ccc(OCc4ccccc4)cc3C2=O)c2nc(C(C)C)[nH]c12. The van der Waals surface area contributed by atoms with Crippen molar-refractivity contribution in [2.75, 3.05) is 7.11 Å². The lowest BCUT2D eigenvalue weighted by molar-refractivity contribution is 0.0890. The normalized spacial score (nSPS) is 15.3. The molecule has 5 rings (SSSR count). The number of imidazole rings is 1. The van der Waals surface area contributed by atoms with Gasteiger partial charge < -0.3 is 14.5 Å². The maximum atomic E-state index is 13.4. The molecule has 0 bridgehead atoms. The maximum absolute atomic E-state index is 13.4. The van der Waals surface area contributed by atoms with Crippen molar-refractivity contribution in [2.45, 2.75) is 32.3 Å². The molecule has 0 spiro atoms. The second-order valence-electron chi connectivity index (χ2n) is 8.50. The van der Waals surface area contributed by atoms with E-state index in [0.29, 0.717) is 45.8 Å². The highest BCUT2D eigenvalue weighted by Gasteiger charge is 2.41. The molecule has 6 nitrogen and oxygen atoms in total. The third kappa shape index (κ3) is 3.57. The van der Waals surface area contributed by atoms with Crippen LogP contribution in [-0.4, -0.2) is 28.6 Å². The Bertz CT molecular complexity index is 1370. The number of hydrogen-bond acceptors (Lipinski definition) is 5. The van der Waals surface area contributed by atoms with Crippen LogP contribution in [0, 0.1) is 0 Å². The second kappa shape index (κ2) is 8.20. The van der Waals surface area contributed by atoms with Gasteiger partial charge in [0, 0.05) is 17.0 Å². The molecule has 1 aliphatic rings. The van der Waals surface area contributed by atoms with Crippen molar-refractivity contribution in [3.05, 3.63) is 88.7 Å². The number of carbonyl (C=O) groups excluding carboxylic acids is 2. The van der Waals surface area contributed by atoms with E-state index in [9.17, 15) is 9.59 Å². The average molecular weight is 440 g/mol. The van der Waals surface area contributed by atoms with Crippen LogP contribution in [0.4, 0.5) is 0 Å². The van der Waals surface area contributed by atoms with E-state index in [1.54, 1.807) is 37.4 Å². The molecule has 0 radical (unpaired) electrons. The number of nitrogens with zero attached hydrogens (tertiary/aromatic N) is 1. The summed E-state index contributed by atoms with van der Waals surface area (Å²) in [5, 5.41) is 0. The monoisotopic (exact) mass is 440 g/mol. The minimum absolute atomic E-state index is 0.159. The van der Waals surface area contributed by atoms with Crippen LogP contribution in [0.2, 0.25) is 0 Å². The molecule has 33 heavy (non-hydrogen) atoms. The summed E-state index contributed by atoms with van der Waals surface area (Å²) in [6, 6.07) is 18.4. The Kier molecular flexibility index (Phi) is 5.21. The molecule has 1 aliphatic carbocycles. The number of rotatable bonds is 6. The van der Waals surface area contributed by atoms with Gasteiger partial charge in [-0.2, -0.15) is 0 Å². The lowest BCUT2D eigenvalue weighted by Gasteiger charge is -2.10. The molecule has 0 aliphatic heterocycles. The lowest BCUT2D eigenvalue weighted by Crippen LogP contribution is -2.13. The number of ketones is 2. The molecule has 1 aromatic heterocycles. The molecule has 4 aromatic rings. The molecule has 0 fully saturated rings. The van der Waals surface area contributed by atoms with Crippen molar-refractivity contribution >= 4 is 22.6 Å². The van der Waals surface area contributed by atoms with Crippen LogP contribution in [0.25, 0.3) is 11.0 Å². The first kappa shape index (κ1) is 20.9. The predicted molar refractivity (Wildman–Crippen MR) is 125 cm³/mol. The molecule has 0 saturated heterocycles. The van der Waals surface area contributed by atoms with E-state index in [0.717, 1.165) is 11.4 Å². The topological polar surface area (TPSA) is 81.3 Å². The van der Waals surface area contributed by atoms with Gasteiger partial charge in [-0.25, -0.2) is 4.98 Å². The van der Waals surface area contributed by atoms with Crippen molar-refractivity contribution in [3.63, 3.8) is 0 Å². The molecule has 1 unspecified atom stereocenters. The van der Waals surface area contributed by atoms with Crippen LogP contribution in [0.15, 0.2) is 60.7 Å². The number of H-pyrrole nitrogens is 1. The van der Waals surface area contributed by atoms with Crippen LogP contribution in [0.3, 0.4) is 0 Å². The fourth-order valence-electron chi connectivity index (χ4n) is 4.27. The van der Waals surface area contributed by atoms with Crippen LogP contribution >= 0.6 is 0 Å². The number of Topliss-reactive ketones (excluding diaryl/α,β-unsaturated/α-hetero) is 2. The zero-order valence-electron chi connectivity index (χ0n) is 18.7. The van der Waals surface area contributed by atoms with Gasteiger partial charge in [0.15, 0.2) is 11.6 Å². The number of aromatic amines is 1.